The Morgan fingerprint density at radius 2 is 0.561 bits per heavy atom. The number of hydrogen-bond acceptors (Lipinski definition) is 15. The molecule has 0 spiro atoms. The van der Waals surface area contributed by atoms with Crippen molar-refractivity contribution in [2.24, 2.45) is 0 Å². The van der Waals surface area contributed by atoms with Gasteiger partial charge in [-0.05, 0) is 141 Å². The fraction of sp³-hybridized carbons (Fsp3) is 0.671. The Bertz CT molecular complexity index is 2380. The van der Waals surface area contributed by atoms with Gasteiger partial charge in [0, 0.05) is 25.7 Å². The third-order valence-corrected chi connectivity index (χ3v) is 17.0. The van der Waals surface area contributed by atoms with Crippen molar-refractivity contribution in [1.82, 2.24) is 0 Å². The predicted molar refractivity (Wildman–Crippen MR) is 399 cm³/mol. The van der Waals surface area contributed by atoms with E-state index in [0.717, 1.165) is 161 Å². The lowest BCUT2D eigenvalue weighted by Gasteiger charge is -2.21. The highest BCUT2D eigenvalue weighted by Crippen LogP contribution is 2.45. The van der Waals surface area contributed by atoms with Gasteiger partial charge in [-0.15, -0.1) is 0 Å². The van der Waals surface area contributed by atoms with Crippen molar-refractivity contribution in [2.75, 3.05) is 39.6 Å². The molecule has 0 aliphatic carbocycles. The predicted octanol–water partition coefficient (Wildman–Crippen LogP) is 21.3. The molecule has 0 fully saturated rings. The number of ether oxygens (including phenoxy) is 4. The number of esters is 4. The van der Waals surface area contributed by atoms with Crippen LogP contribution in [0.15, 0.2) is 134 Å². The summed E-state index contributed by atoms with van der Waals surface area (Å²) in [5, 5.41) is 10.6. The summed E-state index contributed by atoms with van der Waals surface area (Å²) in [4.78, 5) is 72.7. The summed E-state index contributed by atoms with van der Waals surface area (Å²) in [5.41, 5.74) is 0. The molecule has 0 saturated carbocycles. The van der Waals surface area contributed by atoms with Gasteiger partial charge in [-0.3, -0.25) is 37.3 Å². The van der Waals surface area contributed by atoms with Gasteiger partial charge in [-0.1, -0.05) is 251 Å². The summed E-state index contributed by atoms with van der Waals surface area (Å²) in [6, 6.07) is 0. The molecule has 0 aromatic carbocycles. The molecule has 560 valence electrons. The van der Waals surface area contributed by atoms with Gasteiger partial charge in [0.15, 0.2) is 12.2 Å². The van der Waals surface area contributed by atoms with Gasteiger partial charge in [0.2, 0.25) is 0 Å². The topological polar surface area (TPSA) is 237 Å². The minimum absolute atomic E-state index is 0.0316. The van der Waals surface area contributed by atoms with Crippen molar-refractivity contribution < 1.29 is 80.2 Å². The molecule has 17 nitrogen and oxygen atoms in total. The van der Waals surface area contributed by atoms with E-state index in [1.807, 2.05) is 18.2 Å². The highest BCUT2D eigenvalue weighted by atomic mass is 31.2. The quantitative estimate of drug-likeness (QED) is 0.0169. The average Bonchev–Trinajstić information content (AvgIpc) is 1.00. The van der Waals surface area contributed by atoms with Crippen LogP contribution in [0.3, 0.4) is 0 Å². The van der Waals surface area contributed by atoms with E-state index in [-0.39, 0.29) is 25.7 Å². The van der Waals surface area contributed by atoms with E-state index in [4.69, 9.17) is 37.0 Å². The van der Waals surface area contributed by atoms with Crippen LogP contribution in [0.4, 0.5) is 0 Å². The van der Waals surface area contributed by atoms with Gasteiger partial charge in [-0.25, -0.2) is 9.13 Å². The smallest absolute Gasteiger partial charge is 0.462 e. The molecule has 0 aliphatic heterocycles. The molecule has 0 bridgehead atoms. The number of rotatable bonds is 69. The molecule has 0 aromatic rings. The first-order valence-electron chi connectivity index (χ1n) is 37.4. The molecule has 19 heteroatoms. The maximum atomic E-state index is 13.1. The zero-order chi connectivity index (χ0) is 71.8. The number of unbranched alkanes of at least 4 members (excludes halogenated alkanes) is 21. The first-order chi connectivity index (χ1) is 47.7. The van der Waals surface area contributed by atoms with E-state index in [0.29, 0.717) is 32.1 Å². The molecule has 3 N–H and O–H groups in total. The second kappa shape index (κ2) is 70.6. The van der Waals surface area contributed by atoms with Crippen molar-refractivity contribution >= 4 is 39.5 Å². The first-order valence-corrected chi connectivity index (χ1v) is 40.4. The molecule has 0 aromatic heterocycles. The lowest BCUT2D eigenvalue weighted by Crippen LogP contribution is -2.30. The monoisotopic (exact) mass is 1410 g/mol. The van der Waals surface area contributed by atoms with Gasteiger partial charge < -0.3 is 33.8 Å². The maximum Gasteiger partial charge on any atom is 0.472 e. The summed E-state index contributed by atoms with van der Waals surface area (Å²) >= 11 is 0. The summed E-state index contributed by atoms with van der Waals surface area (Å²) < 4.78 is 68.3. The molecule has 0 amide bonds. The van der Waals surface area contributed by atoms with E-state index >= 15 is 0 Å². The molecule has 5 unspecified atom stereocenters. The summed E-state index contributed by atoms with van der Waals surface area (Å²) in [6.07, 6.45) is 77.6. The van der Waals surface area contributed by atoms with E-state index in [1.165, 1.54) is 38.5 Å². The number of carbonyl (C=O) groups excluding carboxylic acids is 4. The second-order valence-electron chi connectivity index (χ2n) is 24.5. The van der Waals surface area contributed by atoms with Gasteiger partial charge >= 0.3 is 39.5 Å². The van der Waals surface area contributed by atoms with Gasteiger partial charge in [0.25, 0.3) is 0 Å². The normalized spacial score (nSPS) is 14.7. The largest absolute Gasteiger partial charge is 0.472 e. The van der Waals surface area contributed by atoms with Crippen molar-refractivity contribution in [3.8, 4) is 0 Å². The molecule has 0 aliphatic rings. The number of phosphoric acid groups is 2. The standard InChI is InChI=1S/C79H132O17P2/c1-5-9-13-17-21-25-29-32-34-35-36-37-39-42-45-48-52-56-60-64-77(82)89-69-74(95-78(83)65-61-57-53-49-43-28-24-20-16-12-8-4)71-93-97(85,86)91-67-73(80)68-92-98(87,88)94-72-75(96-79(84)66-62-58-54-50-46-40-31-27-23-19-15-11-7-3)70-90-76(81)63-59-55-51-47-44-41-38-33-30-26-22-18-14-10-6-2/h9-10,13-14,20-22,24-27,31-34,36-38,42,45,52,56,73-75,80H,5-8,11-12,15-19,23,28-30,35,39-41,43-44,46-51,53-55,57-72H2,1-4H3,(H,85,86)(H,87,88)/b13-9-,14-10-,24-20-,25-21-,26-22-,31-27-,34-32-,37-36-,38-33-,45-42-,56-52-. The Morgan fingerprint density at radius 3 is 0.918 bits per heavy atom. The highest BCUT2D eigenvalue weighted by molar-refractivity contribution is 7.47. The Morgan fingerprint density at radius 1 is 0.296 bits per heavy atom. The van der Waals surface area contributed by atoms with Gasteiger partial charge in [0.1, 0.15) is 19.3 Å². The van der Waals surface area contributed by atoms with Crippen LogP contribution in [-0.2, 0) is 65.4 Å². The zero-order valence-electron chi connectivity index (χ0n) is 60.9. The number of aliphatic hydroxyl groups excluding tert-OH is 1. The lowest BCUT2D eigenvalue weighted by molar-refractivity contribution is -0.161. The van der Waals surface area contributed by atoms with E-state index in [2.05, 4.69) is 143 Å². The summed E-state index contributed by atoms with van der Waals surface area (Å²) in [5.74, 6) is -2.32. The van der Waals surface area contributed by atoms with E-state index in [9.17, 15) is 43.2 Å². The van der Waals surface area contributed by atoms with Crippen LogP contribution in [0.1, 0.15) is 285 Å². The Labute approximate surface area is 593 Å². The van der Waals surface area contributed by atoms with Crippen LogP contribution in [0, 0.1) is 0 Å². The number of phosphoric ester groups is 2. The van der Waals surface area contributed by atoms with Gasteiger partial charge in [0.05, 0.1) is 26.4 Å². The van der Waals surface area contributed by atoms with Crippen LogP contribution in [-0.4, -0.2) is 96.7 Å². The molecule has 0 radical (unpaired) electrons. The summed E-state index contributed by atoms with van der Waals surface area (Å²) in [7, 11) is -9.98. The maximum absolute atomic E-state index is 13.1. The molecular formula is C79H132O17P2. The zero-order valence-corrected chi connectivity index (χ0v) is 62.7. The third kappa shape index (κ3) is 69.7. The number of hydrogen-bond donors (Lipinski definition) is 3. The van der Waals surface area contributed by atoms with Gasteiger partial charge in [-0.2, -0.15) is 0 Å². The molecule has 0 saturated heterocycles. The van der Waals surface area contributed by atoms with Crippen LogP contribution < -0.4 is 0 Å². The number of allylic oxidation sites excluding steroid dienone is 22. The minimum Gasteiger partial charge on any atom is -0.462 e. The van der Waals surface area contributed by atoms with E-state index in [1.54, 1.807) is 0 Å². The van der Waals surface area contributed by atoms with Crippen molar-refractivity contribution in [2.45, 2.75) is 303 Å². The summed E-state index contributed by atoms with van der Waals surface area (Å²) in [6.45, 7) is 4.45. The fourth-order valence-corrected chi connectivity index (χ4v) is 11.0. The van der Waals surface area contributed by atoms with Crippen LogP contribution >= 0.6 is 15.6 Å². The molecular weight excluding hydrogens is 1280 g/mol. The first kappa shape index (κ1) is 93.2. The van der Waals surface area contributed by atoms with Crippen molar-refractivity contribution in [3.05, 3.63) is 134 Å². The molecule has 5 atom stereocenters. The second-order valence-corrected chi connectivity index (χ2v) is 27.4. The Kier molecular flexibility index (Phi) is 67.2. The van der Waals surface area contributed by atoms with Crippen molar-refractivity contribution in [1.29, 1.82) is 0 Å². The fourth-order valence-electron chi connectivity index (χ4n) is 9.41. The van der Waals surface area contributed by atoms with Crippen molar-refractivity contribution in [3.63, 3.8) is 0 Å². The number of aliphatic hydroxyl groups is 1. The Balaban J connectivity index is 5.40. The Hall–Kier alpha value is -4.80. The molecule has 0 rings (SSSR count). The van der Waals surface area contributed by atoms with Crippen LogP contribution in [0.2, 0.25) is 0 Å². The number of carbonyl (C=O) groups is 4. The van der Waals surface area contributed by atoms with Crippen LogP contribution in [0.5, 0.6) is 0 Å². The molecule has 0 heterocycles. The molecule has 98 heavy (non-hydrogen) atoms. The van der Waals surface area contributed by atoms with E-state index < -0.39 is 97.5 Å². The third-order valence-electron chi connectivity index (χ3n) is 15.1. The SMILES string of the molecule is CC/C=C\C/C=C\C/C=C\C/C=C\C/C=C\C/C=C\CCC(=O)OCC(COP(=O)(O)OCC(O)COP(=O)(O)OCC(COC(=O)CCCCCCC/C=C\C/C=C\C/C=C\CC)OC(=O)CCCCCCC/C=C\CCCCCC)OC(=O)CCCCCCC/C=C\CCCC. The highest BCUT2D eigenvalue weighted by Gasteiger charge is 2.30. The van der Waals surface area contributed by atoms with Crippen LogP contribution in [0.25, 0.3) is 0 Å². The average molecular weight is 1420 g/mol. The lowest BCUT2D eigenvalue weighted by atomic mass is 10.1. The minimum atomic E-state index is -4.99.